The van der Waals surface area contributed by atoms with Gasteiger partial charge in [-0.15, -0.1) is 0 Å². The van der Waals surface area contributed by atoms with Crippen LogP contribution in [-0.4, -0.2) is 42.7 Å². The van der Waals surface area contributed by atoms with E-state index in [2.05, 4.69) is 28.1 Å². The van der Waals surface area contributed by atoms with Crippen molar-refractivity contribution in [3.8, 4) is 11.5 Å². The van der Waals surface area contributed by atoms with Crippen molar-refractivity contribution in [1.82, 2.24) is 9.88 Å². The molecule has 0 saturated carbocycles. The van der Waals surface area contributed by atoms with Gasteiger partial charge in [0.1, 0.15) is 11.9 Å². The molecule has 29 heavy (non-hydrogen) atoms. The summed E-state index contributed by atoms with van der Waals surface area (Å²) in [6.45, 7) is 2.62. The van der Waals surface area contributed by atoms with Crippen LogP contribution in [0.25, 0.3) is 22.6 Å². The Morgan fingerprint density at radius 2 is 2.21 bits per heavy atom. The molecule has 5 rings (SSSR count). The van der Waals surface area contributed by atoms with Crippen LogP contribution in [0.1, 0.15) is 17.5 Å². The van der Waals surface area contributed by atoms with Crippen molar-refractivity contribution in [2.75, 3.05) is 26.7 Å². The van der Waals surface area contributed by atoms with Crippen LogP contribution < -0.4 is 9.47 Å². The summed E-state index contributed by atoms with van der Waals surface area (Å²) in [6.07, 6.45) is 9.39. The first-order chi connectivity index (χ1) is 14.2. The summed E-state index contributed by atoms with van der Waals surface area (Å²) in [7, 11) is 1.67. The second-order valence-electron chi connectivity index (χ2n) is 7.53. The summed E-state index contributed by atoms with van der Waals surface area (Å²) in [5, 5.41) is 0.951. The van der Waals surface area contributed by atoms with Gasteiger partial charge in [-0.2, -0.15) is 0 Å². The van der Waals surface area contributed by atoms with E-state index in [1.165, 1.54) is 11.6 Å². The van der Waals surface area contributed by atoms with Crippen molar-refractivity contribution in [3.05, 3.63) is 71.7 Å². The van der Waals surface area contributed by atoms with Gasteiger partial charge in [0.15, 0.2) is 11.5 Å². The number of halogens is 1. The van der Waals surface area contributed by atoms with Gasteiger partial charge < -0.3 is 14.5 Å². The molecule has 1 N–H and O–H groups in total. The Labute approximate surface area is 169 Å². The molecular weight excluding hydrogens is 367 g/mol. The summed E-state index contributed by atoms with van der Waals surface area (Å²) in [4.78, 5) is 5.63. The summed E-state index contributed by atoms with van der Waals surface area (Å²) in [5.74, 6) is 1.38. The Morgan fingerprint density at radius 1 is 1.28 bits per heavy atom. The molecule has 2 aromatic carbocycles. The van der Waals surface area contributed by atoms with Gasteiger partial charge in [-0.1, -0.05) is 24.3 Å². The SMILES string of the molecule is COc1cccc2c1O[C@@H](CN1CC=C(c3c[nH]c4ccc(F)cc34)CC1)C=C2. The minimum atomic E-state index is -0.201. The van der Waals surface area contributed by atoms with Crippen molar-refractivity contribution < 1.29 is 13.9 Å². The van der Waals surface area contributed by atoms with Crippen LogP contribution in [0.2, 0.25) is 0 Å². The molecule has 2 aliphatic rings. The molecule has 3 aromatic rings. The second kappa shape index (κ2) is 7.41. The molecule has 0 fully saturated rings. The van der Waals surface area contributed by atoms with Crippen LogP contribution in [0.15, 0.2) is 54.7 Å². The lowest BCUT2D eigenvalue weighted by atomic mass is 9.98. The fourth-order valence-corrected chi connectivity index (χ4v) is 4.19. The van der Waals surface area contributed by atoms with Gasteiger partial charge >= 0.3 is 0 Å². The number of fused-ring (bicyclic) bond motifs is 2. The summed E-state index contributed by atoms with van der Waals surface area (Å²) < 4.78 is 25.3. The average molecular weight is 390 g/mol. The predicted octanol–water partition coefficient (Wildman–Crippen LogP) is 4.88. The number of aromatic amines is 1. The third-order valence-corrected chi connectivity index (χ3v) is 5.71. The lowest BCUT2D eigenvalue weighted by molar-refractivity contribution is 0.166. The Bertz CT molecular complexity index is 1120. The van der Waals surface area contributed by atoms with Gasteiger partial charge in [0.05, 0.1) is 7.11 Å². The fourth-order valence-electron chi connectivity index (χ4n) is 4.19. The van der Waals surface area contributed by atoms with Crippen molar-refractivity contribution in [1.29, 1.82) is 0 Å². The number of nitrogens with zero attached hydrogens (tertiary/aromatic N) is 1. The van der Waals surface area contributed by atoms with E-state index in [0.717, 1.165) is 59.6 Å². The number of methoxy groups -OCH3 is 1. The number of para-hydroxylation sites is 1. The van der Waals surface area contributed by atoms with Crippen LogP contribution in [0.4, 0.5) is 4.39 Å². The highest BCUT2D eigenvalue weighted by atomic mass is 19.1. The number of ether oxygens (including phenoxy) is 2. The van der Waals surface area contributed by atoms with E-state index < -0.39 is 0 Å². The summed E-state index contributed by atoms with van der Waals surface area (Å²) in [5.41, 5.74) is 4.39. The molecule has 0 amide bonds. The third-order valence-electron chi connectivity index (χ3n) is 5.71. The number of hydrogen-bond acceptors (Lipinski definition) is 3. The lowest BCUT2D eigenvalue weighted by Gasteiger charge is -2.31. The van der Waals surface area contributed by atoms with E-state index >= 15 is 0 Å². The molecule has 0 aliphatic carbocycles. The molecule has 5 heteroatoms. The van der Waals surface area contributed by atoms with Gasteiger partial charge in [0.2, 0.25) is 0 Å². The van der Waals surface area contributed by atoms with Gasteiger partial charge in [-0.3, -0.25) is 4.90 Å². The Kier molecular flexibility index (Phi) is 4.60. The molecule has 148 valence electrons. The largest absolute Gasteiger partial charge is 0.493 e. The minimum absolute atomic E-state index is 0.00376. The first-order valence-electron chi connectivity index (χ1n) is 9.91. The van der Waals surface area contributed by atoms with Crippen LogP contribution in [-0.2, 0) is 0 Å². The zero-order valence-corrected chi connectivity index (χ0v) is 16.3. The topological polar surface area (TPSA) is 37.5 Å². The summed E-state index contributed by atoms with van der Waals surface area (Å²) >= 11 is 0. The molecule has 0 unspecified atom stereocenters. The van der Waals surface area contributed by atoms with Gasteiger partial charge in [-0.05, 0) is 42.3 Å². The predicted molar refractivity (Wildman–Crippen MR) is 114 cm³/mol. The molecule has 0 saturated heterocycles. The number of aromatic nitrogens is 1. The molecule has 2 aliphatic heterocycles. The monoisotopic (exact) mass is 390 g/mol. The first kappa shape index (κ1) is 18.0. The maximum absolute atomic E-state index is 13.7. The van der Waals surface area contributed by atoms with Crippen LogP contribution >= 0.6 is 0 Å². The van der Waals surface area contributed by atoms with Crippen LogP contribution in [0.3, 0.4) is 0 Å². The zero-order chi connectivity index (χ0) is 19.8. The number of benzene rings is 2. The van der Waals surface area contributed by atoms with E-state index in [0.29, 0.717) is 0 Å². The number of rotatable bonds is 4. The van der Waals surface area contributed by atoms with Gasteiger partial charge in [-0.25, -0.2) is 4.39 Å². The third kappa shape index (κ3) is 3.42. The number of hydrogen-bond donors (Lipinski definition) is 1. The van der Waals surface area contributed by atoms with E-state index in [4.69, 9.17) is 9.47 Å². The maximum Gasteiger partial charge on any atom is 0.169 e. The van der Waals surface area contributed by atoms with Crippen molar-refractivity contribution in [2.24, 2.45) is 0 Å². The normalized spacial score (nSPS) is 19.0. The Hall–Kier alpha value is -3.05. The summed E-state index contributed by atoms with van der Waals surface area (Å²) in [6, 6.07) is 10.8. The highest BCUT2D eigenvalue weighted by Gasteiger charge is 2.22. The smallest absolute Gasteiger partial charge is 0.169 e. The zero-order valence-electron chi connectivity index (χ0n) is 16.3. The van der Waals surface area contributed by atoms with Crippen molar-refractivity contribution in [2.45, 2.75) is 12.5 Å². The molecule has 1 aromatic heterocycles. The second-order valence-corrected chi connectivity index (χ2v) is 7.53. The van der Waals surface area contributed by atoms with Gasteiger partial charge in [0.25, 0.3) is 0 Å². The molecular formula is C24H23FN2O2. The van der Waals surface area contributed by atoms with Crippen molar-refractivity contribution >= 4 is 22.6 Å². The lowest BCUT2D eigenvalue weighted by Crippen LogP contribution is -2.37. The average Bonchev–Trinajstić information content (AvgIpc) is 3.17. The van der Waals surface area contributed by atoms with Crippen LogP contribution in [0.5, 0.6) is 11.5 Å². The highest BCUT2D eigenvalue weighted by molar-refractivity contribution is 5.92. The molecule has 0 radical (unpaired) electrons. The first-order valence-corrected chi connectivity index (χ1v) is 9.91. The molecule has 0 spiro atoms. The molecule has 1 atom stereocenters. The van der Waals surface area contributed by atoms with E-state index in [1.807, 2.05) is 24.4 Å². The van der Waals surface area contributed by atoms with E-state index in [-0.39, 0.29) is 11.9 Å². The maximum atomic E-state index is 13.7. The minimum Gasteiger partial charge on any atom is -0.493 e. The number of nitrogens with one attached hydrogen (secondary N) is 1. The van der Waals surface area contributed by atoms with Crippen molar-refractivity contribution in [3.63, 3.8) is 0 Å². The highest BCUT2D eigenvalue weighted by Crippen LogP contribution is 2.36. The van der Waals surface area contributed by atoms with E-state index in [9.17, 15) is 4.39 Å². The number of H-pyrrole nitrogens is 1. The fraction of sp³-hybridized carbons (Fsp3) is 0.250. The van der Waals surface area contributed by atoms with Gasteiger partial charge in [0, 0.05) is 47.9 Å². The Balaban J connectivity index is 1.28. The standard InChI is InChI=1S/C24H23FN2O2/c1-28-23-4-2-3-17-5-7-19(29-24(17)23)15-27-11-9-16(10-12-27)21-14-26-22-8-6-18(25)13-20(21)22/h2-9,13-14,19,26H,10-12,15H2,1H3/t19-/m1/s1. The van der Waals surface area contributed by atoms with E-state index in [1.54, 1.807) is 19.2 Å². The molecule has 3 heterocycles. The quantitative estimate of drug-likeness (QED) is 0.690. The van der Waals surface area contributed by atoms with Crippen LogP contribution in [0, 0.1) is 5.82 Å². The Morgan fingerprint density at radius 3 is 3.03 bits per heavy atom. The molecule has 4 nitrogen and oxygen atoms in total. The molecule has 0 bridgehead atoms.